The van der Waals surface area contributed by atoms with Crippen LogP contribution in [0.3, 0.4) is 0 Å². The van der Waals surface area contributed by atoms with E-state index < -0.39 is 0 Å². The zero-order valence-corrected chi connectivity index (χ0v) is 11.8. The zero-order chi connectivity index (χ0) is 12.5. The zero-order valence-electron chi connectivity index (χ0n) is 11.0. The van der Waals surface area contributed by atoms with E-state index in [-0.39, 0.29) is 0 Å². The summed E-state index contributed by atoms with van der Waals surface area (Å²) in [5.41, 5.74) is 9.47. The van der Waals surface area contributed by atoms with E-state index >= 15 is 0 Å². The summed E-state index contributed by atoms with van der Waals surface area (Å²) in [6.45, 7) is 8.95. The Bertz CT molecular complexity index is 401. The van der Waals surface area contributed by atoms with E-state index in [1.165, 1.54) is 23.4 Å². The highest BCUT2D eigenvalue weighted by Crippen LogP contribution is 2.33. The second-order valence-electron chi connectivity index (χ2n) is 5.41. The van der Waals surface area contributed by atoms with Crippen molar-refractivity contribution < 1.29 is 0 Å². The molecule has 0 saturated carbocycles. The molecule has 94 valence electrons. The van der Waals surface area contributed by atoms with Gasteiger partial charge in [0.05, 0.1) is 11.4 Å². The first-order chi connectivity index (χ1) is 7.98. The molecule has 1 aromatic carbocycles. The summed E-state index contributed by atoms with van der Waals surface area (Å²) in [5, 5.41) is 0. The van der Waals surface area contributed by atoms with Crippen LogP contribution < -0.4 is 10.6 Å². The maximum Gasteiger partial charge on any atom is 0.0600 e. The van der Waals surface area contributed by atoms with E-state index in [1.807, 2.05) is 0 Å². The molecule has 0 aliphatic carbocycles. The summed E-state index contributed by atoms with van der Waals surface area (Å²) in [5.74, 6) is 1.18. The molecule has 0 unspecified atom stereocenters. The maximum absolute atomic E-state index is 6.12. The van der Waals surface area contributed by atoms with Crippen LogP contribution in [-0.4, -0.2) is 23.6 Å². The smallest absolute Gasteiger partial charge is 0.0600 e. The predicted molar refractivity (Wildman–Crippen MR) is 79.0 cm³/mol. The molecule has 0 atom stereocenters. The van der Waals surface area contributed by atoms with Crippen LogP contribution in [0.2, 0.25) is 0 Å². The molecule has 17 heavy (non-hydrogen) atoms. The van der Waals surface area contributed by atoms with Gasteiger partial charge in [0.1, 0.15) is 0 Å². The first kappa shape index (κ1) is 12.6. The molecule has 3 heteroatoms. The lowest BCUT2D eigenvalue weighted by Gasteiger charge is -2.25. The molecular formula is C14H22N2S. The number of rotatable bonds is 1. The minimum absolute atomic E-state index is 0.397. The lowest BCUT2D eigenvalue weighted by atomic mass is 10.1. The van der Waals surface area contributed by atoms with Gasteiger partial charge in [0.2, 0.25) is 0 Å². The van der Waals surface area contributed by atoms with E-state index in [2.05, 4.69) is 55.6 Å². The van der Waals surface area contributed by atoms with Crippen LogP contribution in [0.15, 0.2) is 18.2 Å². The predicted octanol–water partition coefficient (Wildman–Crippen LogP) is 3.30. The van der Waals surface area contributed by atoms with Crippen molar-refractivity contribution >= 4 is 23.1 Å². The van der Waals surface area contributed by atoms with Crippen molar-refractivity contribution in [1.29, 1.82) is 0 Å². The highest BCUT2D eigenvalue weighted by atomic mass is 32.2. The van der Waals surface area contributed by atoms with Gasteiger partial charge in [-0.05, 0) is 31.0 Å². The first-order valence-electron chi connectivity index (χ1n) is 6.23. The van der Waals surface area contributed by atoms with Gasteiger partial charge in [0.25, 0.3) is 0 Å². The third-order valence-electron chi connectivity index (χ3n) is 3.36. The average molecular weight is 250 g/mol. The van der Waals surface area contributed by atoms with Crippen LogP contribution in [0, 0.1) is 6.92 Å². The molecule has 0 bridgehead atoms. The van der Waals surface area contributed by atoms with Crippen molar-refractivity contribution in [2.24, 2.45) is 0 Å². The summed E-state index contributed by atoms with van der Waals surface area (Å²) >= 11 is 2.07. The Balaban J connectivity index is 2.17. The number of aryl methyl sites for hydroxylation is 1. The molecule has 0 aromatic heterocycles. The standard InChI is InChI=1S/C14H22N2S/c1-11-4-5-13(12(15)10-11)16-7-6-14(2,3)17-9-8-16/h4-5,10H,6-9,15H2,1-3H3. The SMILES string of the molecule is Cc1ccc(N2CCSC(C)(C)CC2)c(N)c1. The summed E-state index contributed by atoms with van der Waals surface area (Å²) in [6, 6.07) is 6.38. The molecule has 2 N–H and O–H groups in total. The fourth-order valence-corrected chi connectivity index (χ4v) is 3.32. The van der Waals surface area contributed by atoms with Crippen molar-refractivity contribution in [2.45, 2.75) is 31.9 Å². The number of nitrogens with two attached hydrogens (primary N) is 1. The molecule has 1 saturated heterocycles. The molecule has 0 spiro atoms. The first-order valence-corrected chi connectivity index (χ1v) is 7.21. The van der Waals surface area contributed by atoms with E-state index in [9.17, 15) is 0 Å². The van der Waals surface area contributed by atoms with E-state index in [0.29, 0.717) is 4.75 Å². The topological polar surface area (TPSA) is 29.3 Å². The molecule has 1 aliphatic rings. The molecule has 2 nitrogen and oxygen atoms in total. The van der Waals surface area contributed by atoms with Crippen LogP contribution in [0.5, 0.6) is 0 Å². The summed E-state index contributed by atoms with van der Waals surface area (Å²) in [6.07, 6.45) is 1.21. The molecule has 1 aliphatic heterocycles. The molecule has 0 radical (unpaired) electrons. The van der Waals surface area contributed by atoms with Crippen molar-refractivity contribution in [3.63, 3.8) is 0 Å². The van der Waals surface area contributed by atoms with Crippen molar-refractivity contribution in [1.82, 2.24) is 0 Å². The number of nitrogen functional groups attached to an aromatic ring is 1. The second kappa shape index (κ2) is 4.81. The van der Waals surface area contributed by atoms with Crippen LogP contribution in [0.4, 0.5) is 11.4 Å². The molecule has 1 heterocycles. The van der Waals surface area contributed by atoms with Gasteiger partial charge < -0.3 is 10.6 Å². The number of hydrogen-bond donors (Lipinski definition) is 1. The van der Waals surface area contributed by atoms with Gasteiger partial charge in [0, 0.05) is 23.6 Å². The van der Waals surface area contributed by atoms with Crippen LogP contribution in [0.1, 0.15) is 25.8 Å². The van der Waals surface area contributed by atoms with Gasteiger partial charge in [-0.15, -0.1) is 0 Å². The quantitative estimate of drug-likeness (QED) is 0.775. The van der Waals surface area contributed by atoms with Crippen molar-refractivity contribution in [2.75, 3.05) is 29.5 Å². The average Bonchev–Trinajstić information content (AvgIpc) is 2.40. The molecule has 0 amide bonds. The summed E-state index contributed by atoms with van der Waals surface area (Å²) < 4.78 is 0.397. The van der Waals surface area contributed by atoms with Crippen molar-refractivity contribution in [3.05, 3.63) is 23.8 Å². The Morgan fingerprint density at radius 2 is 2.06 bits per heavy atom. The van der Waals surface area contributed by atoms with E-state index in [4.69, 9.17) is 5.73 Å². The fraction of sp³-hybridized carbons (Fsp3) is 0.571. The molecular weight excluding hydrogens is 228 g/mol. The Labute approximate surface area is 109 Å². The molecule has 1 fully saturated rings. The highest BCUT2D eigenvalue weighted by molar-refractivity contribution is 8.00. The molecule has 2 rings (SSSR count). The third kappa shape index (κ3) is 3.09. The van der Waals surface area contributed by atoms with Crippen molar-refractivity contribution in [3.8, 4) is 0 Å². The minimum Gasteiger partial charge on any atom is -0.397 e. The van der Waals surface area contributed by atoms with Crippen LogP contribution in [0.25, 0.3) is 0 Å². The number of benzene rings is 1. The van der Waals surface area contributed by atoms with Crippen LogP contribution >= 0.6 is 11.8 Å². The Morgan fingerprint density at radius 3 is 2.76 bits per heavy atom. The Kier molecular flexibility index (Phi) is 3.57. The van der Waals surface area contributed by atoms with Gasteiger partial charge in [-0.3, -0.25) is 0 Å². The summed E-state index contributed by atoms with van der Waals surface area (Å²) in [4.78, 5) is 2.43. The van der Waals surface area contributed by atoms with Crippen LogP contribution in [-0.2, 0) is 0 Å². The van der Waals surface area contributed by atoms with Gasteiger partial charge >= 0.3 is 0 Å². The van der Waals surface area contributed by atoms with Gasteiger partial charge in [-0.1, -0.05) is 19.9 Å². The third-order valence-corrected chi connectivity index (χ3v) is 4.73. The number of nitrogens with zero attached hydrogens (tertiary/aromatic N) is 1. The lowest BCUT2D eigenvalue weighted by molar-refractivity contribution is 0.638. The fourth-order valence-electron chi connectivity index (χ4n) is 2.22. The Morgan fingerprint density at radius 1 is 1.29 bits per heavy atom. The number of thioether (sulfide) groups is 1. The van der Waals surface area contributed by atoms with Gasteiger partial charge in [0.15, 0.2) is 0 Å². The van der Waals surface area contributed by atoms with E-state index in [1.54, 1.807) is 0 Å². The summed E-state index contributed by atoms with van der Waals surface area (Å²) in [7, 11) is 0. The van der Waals surface area contributed by atoms with Gasteiger partial charge in [-0.25, -0.2) is 0 Å². The Hall–Kier alpha value is -0.830. The van der Waals surface area contributed by atoms with Gasteiger partial charge in [-0.2, -0.15) is 11.8 Å². The largest absolute Gasteiger partial charge is 0.397 e. The monoisotopic (exact) mass is 250 g/mol. The second-order valence-corrected chi connectivity index (χ2v) is 7.21. The maximum atomic E-state index is 6.12. The highest BCUT2D eigenvalue weighted by Gasteiger charge is 2.24. The minimum atomic E-state index is 0.397. The molecule has 1 aromatic rings. The lowest BCUT2D eigenvalue weighted by Crippen LogP contribution is -2.27. The number of hydrogen-bond acceptors (Lipinski definition) is 3. The normalized spacial score (nSPS) is 20.1. The van der Waals surface area contributed by atoms with E-state index in [0.717, 1.165) is 18.8 Å². The number of anilines is 2.